The molecule has 0 radical (unpaired) electrons. The summed E-state index contributed by atoms with van der Waals surface area (Å²) >= 11 is 0. The number of nitrogens with two attached hydrogens (primary N) is 1. The second kappa shape index (κ2) is 6.01. The van der Waals surface area contributed by atoms with Crippen LogP contribution in [0.4, 0.5) is 4.39 Å². The number of amides is 1. The maximum absolute atomic E-state index is 13.7. The Morgan fingerprint density at radius 2 is 2.16 bits per heavy atom. The normalized spacial score (nSPS) is 10.4. The lowest BCUT2D eigenvalue weighted by atomic mass is 10.1. The minimum atomic E-state index is -0.641. The van der Waals surface area contributed by atoms with Gasteiger partial charge in [0.25, 0.3) is 0 Å². The molecule has 6 heteroatoms. The van der Waals surface area contributed by atoms with Crippen molar-refractivity contribution < 1.29 is 9.18 Å². The van der Waals surface area contributed by atoms with E-state index in [1.54, 1.807) is 18.3 Å². The van der Waals surface area contributed by atoms with Crippen LogP contribution in [-0.4, -0.2) is 16.1 Å². The SMILES string of the molecule is NC(=O)c1ccc(CNCc2cccnn2)c(F)c1. The van der Waals surface area contributed by atoms with Gasteiger partial charge in [-0.15, -0.1) is 0 Å². The van der Waals surface area contributed by atoms with Crippen molar-refractivity contribution in [1.82, 2.24) is 15.5 Å². The Hall–Kier alpha value is -2.34. The van der Waals surface area contributed by atoms with Crippen LogP contribution in [0.25, 0.3) is 0 Å². The van der Waals surface area contributed by atoms with Crippen LogP contribution in [0, 0.1) is 5.82 Å². The van der Waals surface area contributed by atoms with Gasteiger partial charge in [-0.2, -0.15) is 10.2 Å². The Balaban J connectivity index is 1.95. The zero-order chi connectivity index (χ0) is 13.7. The largest absolute Gasteiger partial charge is 0.366 e. The van der Waals surface area contributed by atoms with Crippen LogP contribution in [0.2, 0.25) is 0 Å². The van der Waals surface area contributed by atoms with Crippen molar-refractivity contribution in [3.05, 3.63) is 59.2 Å². The molecular formula is C13H13FN4O. The van der Waals surface area contributed by atoms with Gasteiger partial charge in [-0.05, 0) is 24.3 Å². The van der Waals surface area contributed by atoms with E-state index in [1.807, 2.05) is 6.07 Å². The number of carbonyl (C=O) groups is 1. The van der Waals surface area contributed by atoms with Gasteiger partial charge in [0.1, 0.15) is 5.82 Å². The zero-order valence-corrected chi connectivity index (χ0v) is 10.1. The molecule has 0 atom stereocenters. The lowest BCUT2D eigenvalue weighted by Gasteiger charge is -2.06. The van der Waals surface area contributed by atoms with Gasteiger partial charge in [0.05, 0.1) is 5.69 Å². The summed E-state index contributed by atoms with van der Waals surface area (Å²) in [5.41, 5.74) is 6.48. The number of rotatable bonds is 5. The van der Waals surface area contributed by atoms with Crippen molar-refractivity contribution in [2.75, 3.05) is 0 Å². The molecule has 1 amide bonds. The Bertz CT molecular complexity index is 574. The molecule has 98 valence electrons. The van der Waals surface area contributed by atoms with E-state index < -0.39 is 11.7 Å². The highest BCUT2D eigenvalue weighted by molar-refractivity contribution is 5.92. The van der Waals surface area contributed by atoms with Gasteiger partial charge in [-0.3, -0.25) is 4.79 Å². The molecule has 0 saturated carbocycles. The van der Waals surface area contributed by atoms with Crippen LogP contribution < -0.4 is 11.1 Å². The van der Waals surface area contributed by atoms with Gasteiger partial charge >= 0.3 is 0 Å². The maximum atomic E-state index is 13.7. The summed E-state index contributed by atoms with van der Waals surface area (Å²) in [5.74, 6) is -1.10. The van der Waals surface area contributed by atoms with E-state index in [0.717, 1.165) is 11.8 Å². The Morgan fingerprint density at radius 1 is 1.32 bits per heavy atom. The predicted molar refractivity (Wildman–Crippen MR) is 67.5 cm³/mol. The van der Waals surface area contributed by atoms with Crippen molar-refractivity contribution in [3.63, 3.8) is 0 Å². The molecular weight excluding hydrogens is 247 g/mol. The lowest BCUT2D eigenvalue weighted by Crippen LogP contribution is -2.16. The van der Waals surface area contributed by atoms with Gasteiger partial charge in [-0.1, -0.05) is 6.07 Å². The molecule has 2 aromatic rings. The van der Waals surface area contributed by atoms with Gasteiger partial charge in [0, 0.05) is 30.4 Å². The first kappa shape index (κ1) is 13.1. The van der Waals surface area contributed by atoms with Crippen LogP contribution in [0.15, 0.2) is 36.5 Å². The third-order valence-electron chi connectivity index (χ3n) is 2.59. The van der Waals surface area contributed by atoms with Crippen LogP contribution in [0.1, 0.15) is 21.6 Å². The smallest absolute Gasteiger partial charge is 0.248 e. The molecule has 0 unspecified atom stereocenters. The molecule has 1 aromatic heterocycles. The molecule has 1 heterocycles. The molecule has 0 aliphatic heterocycles. The number of carbonyl (C=O) groups excluding carboxylic acids is 1. The van der Waals surface area contributed by atoms with E-state index in [4.69, 9.17) is 5.73 Å². The third-order valence-corrected chi connectivity index (χ3v) is 2.59. The number of nitrogens with one attached hydrogen (secondary N) is 1. The second-order valence-corrected chi connectivity index (χ2v) is 3.99. The molecule has 0 aliphatic rings. The van der Waals surface area contributed by atoms with Gasteiger partial charge in [0.2, 0.25) is 5.91 Å². The number of aromatic nitrogens is 2. The average Bonchev–Trinajstić information content (AvgIpc) is 2.41. The second-order valence-electron chi connectivity index (χ2n) is 3.99. The molecule has 0 fully saturated rings. The Labute approximate surface area is 109 Å². The summed E-state index contributed by atoms with van der Waals surface area (Å²) in [6.07, 6.45) is 1.59. The van der Waals surface area contributed by atoms with E-state index in [0.29, 0.717) is 18.7 Å². The van der Waals surface area contributed by atoms with Crippen molar-refractivity contribution in [3.8, 4) is 0 Å². The monoisotopic (exact) mass is 260 g/mol. The summed E-state index contributed by atoms with van der Waals surface area (Å²) < 4.78 is 13.7. The van der Waals surface area contributed by atoms with Crippen LogP contribution in [-0.2, 0) is 13.1 Å². The first-order valence-electron chi connectivity index (χ1n) is 5.72. The van der Waals surface area contributed by atoms with Crippen molar-refractivity contribution in [1.29, 1.82) is 0 Å². The molecule has 3 N–H and O–H groups in total. The molecule has 2 rings (SSSR count). The highest BCUT2D eigenvalue weighted by Crippen LogP contribution is 2.10. The summed E-state index contributed by atoms with van der Waals surface area (Å²) in [6, 6.07) is 7.80. The van der Waals surface area contributed by atoms with Crippen LogP contribution in [0.3, 0.4) is 0 Å². The number of primary amides is 1. The summed E-state index contributed by atoms with van der Waals surface area (Å²) in [6.45, 7) is 0.826. The van der Waals surface area contributed by atoms with E-state index in [1.165, 1.54) is 6.07 Å². The molecule has 0 bridgehead atoms. The number of hydrogen-bond donors (Lipinski definition) is 2. The van der Waals surface area contributed by atoms with Crippen molar-refractivity contribution >= 4 is 5.91 Å². The highest BCUT2D eigenvalue weighted by Gasteiger charge is 2.06. The highest BCUT2D eigenvalue weighted by atomic mass is 19.1. The Morgan fingerprint density at radius 3 is 2.79 bits per heavy atom. The molecule has 0 spiro atoms. The lowest BCUT2D eigenvalue weighted by molar-refractivity contribution is 0.1000. The number of benzene rings is 1. The summed E-state index contributed by atoms with van der Waals surface area (Å²) in [7, 11) is 0. The molecule has 19 heavy (non-hydrogen) atoms. The van der Waals surface area contributed by atoms with Gasteiger partial charge < -0.3 is 11.1 Å². The average molecular weight is 260 g/mol. The Kier molecular flexibility index (Phi) is 4.15. The summed E-state index contributed by atoms with van der Waals surface area (Å²) in [4.78, 5) is 10.9. The number of halogens is 1. The topological polar surface area (TPSA) is 80.9 Å². The third kappa shape index (κ3) is 3.56. The van der Waals surface area contributed by atoms with E-state index in [9.17, 15) is 9.18 Å². The van der Waals surface area contributed by atoms with E-state index >= 15 is 0 Å². The predicted octanol–water partition coefficient (Wildman–Crippen LogP) is 1.00. The standard InChI is InChI=1S/C13H13FN4O/c14-12-6-9(13(15)19)3-4-10(12)7-16-8-11-2-1-5-17-18-11/h1-6,16H,7-8H2,(H2,15,19). The first-order valence-corrected chi connectivity index (χ1v) is 5.72. The summed E-state index contributed by atoms with van der Waals surface area (Å²) in [5, 5.41) is 10.7. The van der Waals surface area contributed by atoms with E-state index in [-0.39, 0.29) is 5.56 Å². The molecule has 0 saturated heterocycles. The van der Waals surface area contributed by atoms with Crippen LogP contribution >= 0.6 is 0 Å². The number of nitrogens with zero attached hydrogens (tertiary/aromatic N) is 2. The quantitative estimate of drug-likeness (QED) is 0.840. The van der Waals surface area contributed by atoms with Gasteiger partial charge in [-0.25, -0.2) is 4.39 Å². The minimum Gasteiger partial charge on any atom is -0.366 e. The van der Waals surface area contributed by atoms with Gasteiger partial charge in [0.15, 0.2) is 0 Å². The maximum Gasteiger partial charge on any atom is 0.248 e. The van der Waals surface area contributed by atoms with Crippen molar-refractivity contribution in [2.24, 2.45) is 5.73 Å². The molecule has 0 aliphatic carbocycles. The van der Waals surface area contributed by atoms with Crippen LogP contribution in [0.5, 0.6) is 0 Å². The van der Waals surface area contributed by atoms with E-state index in [2.05, 4.69) is 15.5 Å². The fraction of sp³-hybridized carbons (Fsp3) is 0.154. The zero-order valence-electron chi connectivity index (χ0n) is 10.1. The van der Waals surface area contributed by atoms with Crippen molar-refractivity contribution in [2.45, 2.75) is 13.1 Å². The fourth-order valence-electron chi connectivity index (χ4n) is 1.60. The minimum absolute atomic E-state index is 0.162. The number of hydrogen-bond acceptors (Lipinski definition) is 4. The molecule has 1 aromatic carbocycles. The fourth-order valence-corrected chi connectivity index (χ4v) is 1.60. The molecule has 5 nitrogen and oxygen atoms in total. The first-order chi connectivity index (χ1) is 9.16.